The third-order valence-corrected chi connectivity index (χ3v) is 3.63. The Hall–Kier alpha value is -1.81. The van der Waals surface area contributed by atoms with Gasteiger partial charge < -0.3 is 9.84 Å². The Kier molecular flexibility index (Phi) is 4.61. The Morgan fingerprint density at radius 3 is 2.32 bits per heavy atom. The SMILES string of the molecule is CC(C)NC(=O)c1noc(-c2ccc(C(C)(C)C)cc2)c1Cl. The molecule has 1 aromatic carbocycles. The molecule has 0 atom stereocenters. The molecule has 5 heteroatoms. The Bertz CT molecular complexity index is 667. The van der Waals surface area contributed by atoms with E-state index in [0.717, 1.165) is 5.56 Å². The van der Waals surface area contributed by atoms with Gasteiger partial charge in [0.2, 0.25) is 0 Å². The van der Waals surface area contributed by atoms with E-state index >= 15 is 0 Å². The van der Waals surface area contributed by atoms with Crippen molar-refractivity contribution in [2.75, 3.05) is 0 Å². The Labute approximate surface area is 135 Å². The Morgan fingerprint density at radius 2 is 1.82 bits per heavy atom. The smallest absolute Gasteiger partial charge is 0.275 e. The number of rotatable bonds is 3. The first-order valence-electron chi connectivity index (χ1n) is 7.27. The van der Waals surface area contributed by atoms with Gasteiger partial charge in [-0.2, -0.15) is 0 Å². The van der Waals surface area contributed by atoms with Crippen molar-refractivity contribution in [3.63, 3.8) is 0 Å². The van der Waals surface area contributed by atoms with Crippen molar-refractivity contribution >= 4 is 17.5 Å². The molecule has 0 bridgehead atoms. The predicted molar refractivity (Wildman–Crippen MR) is 88.3 cm³/mol. The largest absolute Gasteiger partial charge is 0.354 e. The Balaban J connectivity index is 2.31. The van der Waals surface area contributed by atoms with Gasteiger partial charge in [0, 0.05) is 11.6 Å². The van der Waals surface area contributed by atoms with Gasteiger partial charge in [-0.15, -0.1) is 0 Å². The maximum absolute atomic E-state index is 12.0. The number of carbonyl (C=O) groups is 1. The molecule has 0 spiro atoms. The van der Waals surface area contributed by atoms with E-state index in [1.165, 1.54) is 5.56 Å². The number of benzene rings is 1. The zero-order valence-electron chi connectivity index (χ0n) is 13.5. The molecule has 1 N–H and O–H groups in total. The number of hydrogen-bond acceptors (Lipinski definition) is 3. The molecule has 2 rings (SSSR count). The zero-order valence-corrected chi connectivity index (χ0v) is 14.3. The molecule has 0 saturated carbocycles. The van der Waals surface area contributed by atoms with Gasteiger partial charge in [0.15, 0.2) is 11.5 Å². The van der Waals surface area contributed by atoms with Crippen LogP contribution in [0.1, 0.15) is 50.7 Å². The highest BCUT2D eigenvalue weighted by Gasteiger charge is 2.22. The first-order chi connectivity index (χ1) is 10.2. The first kappa shape index (κ1) is 16.6. The van der Waals surface area contributed by atoms with E-state index < -0.39 is 0 Å². The molecule has 0 aliphatic carbocycles. The first-order valence-corrected chi connectivity index (χ1v) is 7.65. The summed E-state index contributed by atoms with van der Waals surface area (Å²) in [7, 11) is 0. The van der Waals surface area contributed by atoms with Gasteiger partial charge in [0.25, 0.3) is 5.91 Å². The van der Waals surface area contributed by atoms with E-state index in [2.05, 4.69) is 31.2 Å². The van der Waals surface area contributed by atoms with E-state index in [1.54, 1.807) is 0 Å². The van der Waals surface area contributed by atoms with Gasteiger partial charge in [0.1, 0.15) is 5.02 Å². The summed E-state index contributed by atoms with van der Waals surface area (Å²) in [6.07, 6.45) is 0. The maximum Gasteiger partial charge on any atom is 0.275 e. The molecular formula is C17H21ClN2O2. The third kappa shape index (κ3) is 3.50. The topological polar surface area (TPSA) is 55.1 Å². The fourth-order valence-electron chi connectivity index (χ4n) is 2.05. The lowest BCUT2D eigenvalue weighted by Crippen LogP contribution is -2.30. The van der Waals surface area contributed by atoms with Crippen molar-refractivity contribution < 1.29 is 9.32 Å². The average molecular weight is 321 g/mol. The number of carbonyl (C=O) groups excluding carboxylic acids is 1. The van der Waals surface area contributed by atoms with Crippen LogP contribution >= 0.6 is 11.6 Å². The number of amides is 1. The van der Waals surface area contributed by atoms with Crippen LogP contribution in [0.5, 0.6) is 0 Å². The highest BCUT2D eigenvalue weighted by atomic mass is 35.5. The van der Waals surface area contributed by atoms with Crippen molar-refractivity contribution in [2.45, 2.75) is 46.1 Å². The van der Waals surface area contributed by atoms with Crippen LogP contribution in [0.25, 0.3) is 11.3 Å². The van der Waals surface area contributed by atoms with E-state index in [4.69, 9.17) is 16.1 Å². The maximum atomic E-state index is 12.0. The van der Waals surface area contributed by atoms with Crippen LogP contribution in [0.15, 0.2) is 28.8 Å². The molecular weight excluding hydrogens is 300 g/mol. The molecule has 1 heterocycles. The van der Waals surface area contributed by atoms with Crippen molar-refractivity contribution in [3.05, 3.63) is 40.5 Å². The lowest BCUT2D eigenvalue weighted by atomic mass is 9.86. The van der Waals surface area contributed by atoms with Gasteiger partial charge in [-0.05, 0) is 24.8 Å². The average Bonchev–Trinajstić information content (AvgIpc) is 2.79. The van der Waals surface area contributed by atoms with Crippen LogP contribution in [-0.2, 0) is 5.41 Å². The summed E-state index contributed by atoms with van der Waals surface area (Å²) in [5.41, 5.74) is 2.20. The summed E-state index contributed by atoms with van der Waals surface area (Å²) in [5.74, 6) is 0.0809. The summed E-state index contributed by atoms with van der Waals surface area (Å²) in [4.78, 5) is 12.0. The minimum absolute atomic E-state index is 0.00906. The second-order valence-electron chi connectivity index (χ2n) is 6.63. The van der Waals surface area contributed by atoms with Crippen LogP contribution in [0.3, 0.4) is 0 Å². The van der Waals surface area contributed by atoms with Crippen molar-refractivity contribution in [3.8, 4) is 11.3 Å². The quantitative estimate of drug-likeness (QED) is 0.910. The number of aromatic nitrogens is 1. The fraction of sp³-hybridized carbons (Fsp3) is 0.412. The molecule has 0 fully saturated rings. The number of hydrogen-bond donors (Lipinski definition) is 1. The summed E-state index contributed by atoms with van der Waals surface area (Å²) in [6, 6.07) is 7.92. The van der Waals surface area contributed by atoms with Gasteiger partial charge in [-0.25, -0.2) is 0 Å². The second kappa shape index (κ2) is 6.13. The molecule has 1 aromatic heterocycles. The van der Waals surface area contributed by atoms with Crippen LogP contribution in [0.2, 0.25) is 5.02 Å². The molecule has 22 heavy (non-hydrogen) atoms. The summed E-state index contributed by atoms with van der Waals surface area (Å²) < 4.78 is 5.27. The molecule has 2 aromatic rings. The van der Waals surface area contributed by atoms with Gasteiger partial charge in [0.05, 0.1) is 0 Å². The second-order valence-corrected chi connectivity index (χ2v) is 7.01. The number of halogens is 1. The van der Waals surface area contributed by atoms with Crippen LogP contribution in [0.4, 0.5) is 0 Å². The monoisotopic (exact) mass is 320 g/mol. The van der Waals surface area contributed by atoms with E-state index in [-0.39, 0.29) is 28.1 Å². The van der Waals surface area contributed by atoms with E-state index in [0.29, 0.717) is 5.76 Å². The lowest BCUT2D eigenvalue weighted by Gasteiger charge is -2.18. The predicted octanol–water partition coefficient (Wildman–Crippen LogP) is 4.43. The summed E-state index contributed by atoms with van der Waals surface area (Å²) in [5, 5.41) is 6.78. The molecule has 0 unspecified atom stereocenters. The highest BCUT2D eigenvalue weighted by Crippen LogP contribution is 2.32. The Morgan fingerprint density at radius 1 is 1.23 bits per heavy atom. The molecule has 0 saturated heterocycles. The minimum Gasteiger partial charge on any atom is -0.354 e. The lowest BCUT2D eigenvalue weighted by molar-refractivity contribution is 0.0934. The summed E-state index contributed by atoms with van der Waals surface area (Å²) in [6.45, 7) is 10.2. The fourth-order valence-corrected chi connectivity index (χ4v) is 2.32. The normalized spacial score (nSPS) is 11.8. The van der Waals surface area contributed by atoms with Gasteiger partial charge >= 0.3 is 0 Å². The van der Waals surface area contributed by atoms with Crippen molar-refractivity contribution in [1.82, 2.24) is 10.5 Å². The molecule has 0 radical (unpaired) electrons. The molecule has 4 nitrogen and oxygen atoms in total. The van der Waals surface area contributed by atoms with Crippen LogP contribution in [-0.4, -0.2) is 17.1 Å². The minimum atomic E-state index is -0.332. The van der Waals surface area contributed by atoms with E-state index in [1.807, 2.05) is 38.1 Å². The molecule has 0 aliphatic rings. The zero-order chi connectivity index (χ0) is 16.5. The number of nitrogens with zero attached hydrogens (tertiary/aromatic N) is 1. The standard InChI is InChI=1S/C17H21ClN2O2/c1-10(2)19-16(21)14-13(18)15(22-20-14)11-6-8-12(9-7-11)17(3,4)5/h6-10H,1-5H3,(H,19,21). The molecule has 1 amide bonds. The van der Waals surface area contributed by atoms with Crippen LogP contribution in [0, 0.1) is 0 Å². The van der Waals surface area contributed by atoms with Crippen LogP contribution < -0.4 is 5.32 Å². The van der Waals surface area contributed by atoms with Gasteiger partial charge in [-0.3, -0.25) is 4.79 Å². The van der Waals surface area contributed by atoms with Crippen molar-refractivity contribution in [2.24, 2.45) is 0 Å². The van der Waals surface area contributed by atoms with E-state index in [9.17, 15) is 4.79 Å². The molecule has 0 aliphatic heterocycles. The third-order valence-electron chi connectivity index (χ3n) is 3.28. The highest BCUT2D eigenvalue weighted by molar-refractivity contribution is 6.35. The molecule has 118 valence electrons. The number of nitrogens with one attached hydrogen (secondary N) is 1. The summed E-state index contributed by atoms with van der Waals surface area (Å²) >= 11 is 6.25. The van der Waals surface area contributed by atoms with Crippen molar-refractivity contribution in [1.29, 1.82) is 0 Å². The van der Waals surface area contributed by atoms with Gasteiger partial charge in [-0.1, -0.05) is 61.8 Å².